The lowest BCUT2D eigenvalue weighted by molar-refractivity contribution is 0.614. The van der Waals surface area contributed by atoms with Gasteiger partial charge in [-0.05, 0) is 19.1 Å². The third kappa shape index (κ3) is 2.88. The zero-order chi connectivity index (χ0) is 13.1. The summed E-state index contributed by atoms with van der Waals surface area (Å²) in [7, 11) is 1.68. The maximum absolute atomic E-state index is 13.5. The number of nitrogens with zero attached hydrogens (tertiary/aromatic N) is 2. The normalized spacial score (nSPS) is 12.2. The molecule has 0 aliphatic rings. The van der Waals surface area contributed by atoms with Crippen LogP contribution >= 0.6 is 22.9 Å². The van der Waals surface area contributed by atoms with Crippen molar-refractivity contribution < 1.29 is 4.39 Å². The number of anilines is 2. The molecular weight excluding hydrogens is 275 g/mol. The van der Waals surface area contributed by atoms with E-state index in [4.69, 9.17) is 11.6 Å². The second-order valence-corrected chi connectivity index (χ2v) is 5.39. The molecule has 0 fully saturated rings. The minimum absolute atomic E-state index is 0.0726. The molecule has 0 saturated carbocycles. The molecule has 0 aliphatic carbocycles. The van der Waals surface area contributed by atoms with E-state index >= 15 is 0 Å². The van der Waals surface area contributed by atoms with E-state index in [1.54, 1.807) is 7.05 Å². The molecule has 2 aromatic heterocycles. The summed E-state index contributed by atoms with van der Waals surface area (Å²) in [5.74, 6) is 0.0604. The van der Waals surface area contributed by atoms with E-state index in [9.17, 15) is 4.39 Å². The number of thiophene rings is 1. The van der Waals surface area contributed by atoms with Gasteiger partial charge in [0.15, 0.2) is 11.6 Å². The van der Waals surface area contributed by atoms with Crippen LogP contribution < -0.4 is 10.6 Å². The van der Waals surface area contributed by atoms with Crippen molar-refractivity contribution in [1.82, 2.24) is 9.97 Å². The summed E-state index contributed by atoms with van der Waals surface area (Å²) in [6, 6.07) is 3.65. The summed E-state index contributed by atoms with van der Waals surface area (Å²) in [4.78, 5) is 8.83. The fourth-order valence-corrected chi connectivity index (χ4v) is 2.49. The van der Waals surface area contributed by atoms with Crippen LogP contribution in [-0.4, -0.2) is 17.0 Å². The van der Waals surface area contributed by atoms with Crippen LogP contribution in [0.1, 0.15) is 17.8 Å². The lowest BCUT2D eigenvalue weighted by Gasteiger charge is -2.13. The van der Waals surface area contributed by atoms with E-state index in [0.717, 1.165) is 11.1 Å². The van der Waals surface area contributed by atoms with Crippen LogP contribution in [0.15, 0.2) is 18.3 Å². The minimum Gasteiger partial charge on any atom is -0.360 e. The average molecular weight is 287 g/mol. The summed E-state index contributed by atoms with van der Waals surface area (Å²) >= 11 is 7.32. The smallest absolute Gasteiger partial charge is 0.224 e. The molecule has 2 heterocycles. The van der Waals surface area contributed by atoms with E-state index in [1.165, 1.54) is 11.3 Å². The molecule has 1 unspecified atom stereocenters. The molecule has 0 saturated heterocycles. The summed E-state index contributed by atoms with van der Waals surface area (Å²) in [6.45, 7) is 1.92. The minimum atomic E-state index is -0.483. The molecule has 2 aromatic rings. The molecule has 7 heteroatoms. The second kappa shape index (κ2) is 5.49. The van der Waals surface area contributed by atoms with Crippen molar-refractivity contribution in [1.29, 1.82) is 0 Å². The van der Waals surface area contributed by atoms with Crippen LogP contribution in [-0.2, 0) is 0 Å². The molecular formula is C11H12ClFN4S. The first-order chi connectivity index (χ1) is 8.60. The molecule has 0 bridgehead atoms. The number of nitrogens with one attached hydrogen (secondary N) is 2. The Balaban J connectivity index is 2.18. The Kier molecular flexibility index (Phi) is 3.98. The van der Waals surface area contributed by atoms with Crippen molar-refractivity contribution >= 4 is 34.7 Å². The largest absolute Gasteiger partial charge is 0.360 e. The Labute approximate surface area is 113 Å². The Morgan fingerprint density at radius 1 is 1.44 bits per heavy atom. The molecule has 96 valence electrons. The number of aromatic nitrogens is 2. The van der Waals surface area contributed by atoms with Crippen LogP contribution in [0.5, 0.6) is 0 Å². The second-order valence-electron chi connectivity index (χ2n) is 3.65. The van der Waals surface area contributed by atoms with Crippen molar-refractivity contribution in [2.45, 2.75) is 13.0 Å². The molecule has 0 radical (unpaired) electrons. The van der Waals surface area contributed by atoms with Crippen LogP contribution in [0.4, 0.5) is 16.2 Å². The van der Waals surface area contributed by atoms with Crippen molar-refractivity contribution in [2.75, 3.05) is 17.7 Å². The van der Waals surface area contributed by atoms with E-state index < -0.39 is 5.82 Å². The van der Waals surface area contributed by atoms with Gasteiger partial charge in [-0.25, -0.2) is 9.37 Å². The predicted octanol–water partition coefficient (Wildman–Crippen LogP) is 3.55. The van der Waals surface area contributed by atoms with Gasteiger partial charge >= 0.3 is 0 Å². The molecule has 0 spiro atoms. The molecule has 2 N–H and O–H groups in total. The molecule has 2 rings (SSSR count). The molecule has 0 aromatic carbocycles. The molecule has 1 atom stereocenters. The van der Waals surface area contributed by atoms with Crippen LogP contribution in [0.2, 0.25) is 4.34 Å². The summed E-state index contributed by atoms with van der Waals surface area (Å²) in [5, 5.41) is 5.76. The van der Waals surface area contributed by atoms with Gasteiger partial charge in [0, 0.05) is 11.9 Å². The monoisotopic (exact) mass is 286 g/mol. The number of hydrogen-bond donors (Lipinski definition) is 2. The van der Waals surface area contributed by atoms with Gasteiger partial charge in [0.25, 0.3) is 0 Å². The van der Waals surface area contributed by atoms with Gasteiger partial charge in [0.2, 0.25) is 5.95 Å². The highest BCUT2D eigenvalue weighted by molar-refractivity contribution is 7.16. The van der Waals surface area contributed by atoms with Gasteiger partial charge < -0.3 is 10.6 Å². The number of hydrogen-bond acceptors (Lipinski definition) is 5. The summed E-state index contributed by atoms with van der Waals surface area (Å²) in [5.41, 5.74) is 0. The van der Waals surface area contributed by atoms with Crippen molar-refractivity contribution in [3.05, 3.63) is 33.4 Å². The van der Waals surface area contributed by atoms with Gasteiger partial charge in [-0.3, -0.25) is 0 Å². The van der Waals surface area contributed by atoms with E-state index in [2.05, 4.69) is 20.6 Å². The third-order valence-electron chi connectivity index (χ3n) is 2.34. The van der Waals surface area contributed by atoms with E-state index in [-0.39, 0.29) is 11.9 Å². The number of rotatable bonds is 4. The summed E-state index contributed by atoms with van der Waals surface area (Å²) < 4.78 is 14.3. The van der Waals surface area contributed by atoms with E-state index in [0.29, 0.717) is 10.3 Å². The zero-order valence-electron chi connectivity index (χ0n) is 9.87. The highest BCUT2D eigenvalue weighted by Gasteiger charge is 2.12. The van der Waals surface area contributed by atoms with Gasteiger partial charge in [0.05, 0.1) is 16.6 Å². The third-order valence-corrected chi connectivity index (χ3v) is 3.76. The molecule has 0 amide bonds. The quantitative estimate of drug-likeness (QED) is 0.902. The average Bonchev–Trinajstić information content (AvgIpc) is 2.79. The molecule has 4 nitrogen and oxygen atoms in total. The Morgan fingerprint density at radius 3 is 2.83 bits per heavy atom. The summed E-state index contributed by atoms with van der Waals surface area (Å²) in [6.07, 6.45) is 1.13. The van der Waals surface area contributed by atoms with Gasteiger partial charge in [-0.1, -0.05) is 11.6 Å². The van der Waals surface area contributed by atoms with Gasteiger partial charge in [-0.15, -0.1) is 11.3 Å². The SMILES string of the molecule is CNc1ncc(F)c(NC(C)c2ccc(Cl)s2)n1. The maximum Gasteiger partial charge on any atom is 0.224 e. The Hall–Kier alpha value is -1.40. The lowest BCUT2D eigenvalue weighted by Crippen LogP contribution is -2.10. The zero-order valence-corrected chi connectivity index (χ0v) is 11.4. The van der Waals surface area contributed by atoms with Crippen LogP contribution in [0.3, 0.4) is 0 Å². The Morgan fingerprint density at radius 2 is 2.22 bits per heavy atom. The fraction of sp³-hybridized carbons (Fsp3) is 0.273. The first-order valence-corrected chi connectivity index (χ1v) is 6.51. The lowest BCUT2D eigenvalue weighted by atomic mass is 10.3. The topological polar surface area (TPSA) is 49.8 Å². The van der Waals surface area contributed by atoms with Crippen LogP contribution in [0, 0.1) is 5.82 Å². The van der Waals surface area contributed by atoms with Crippen molar-refractivity contribution in [3.63, 3.8) is 0 Å². The van der Waals surface area contributed by atoms with E-state index in [1.807, 2.05) is 19.1 Å². The molecule has 18 heavy (non-hydrogen) atoms. The van der Waals surface area contributed by atoms with Crippen molar-refractivity contribution in [3.8, 4) is 0 Å². The number of halogens is 2. The van der Waals surface area contributed by atoms with Gasteiger partial charge in [-0.2, -0.15) is 4.98 Å². The maximum atomic E-state index is 13.5. The highest BCUT2D eigenvalue weighted by Crippen LogP contribution is 2.29. The Bertz CT molecular complexity index is 546. The first kappa shape index (κ1) is 13.0. The standard InChI is InChI=1S/C11H12ClFN4S/c1-6(8-3-4-9(12)18-8)16-10-7(13)5-15-11(14-2)17-10/h3-6H,1-2H3,(H2,14,15,16,17). The first-order valence-electron chi connectivity index (χ1n) is 5.32. The fourth-order valence-electron chi connectivity index (χ4n) is 1.43. The molecule has 0 aliphatic heterocycles. The van der Waals surface area contributed by atoms with Crippen LogP contribution in [0.25, 0.3) is 0 Å². The van der Waals surface area contributed by atoms with Crippen molar-refractivity contribution in [2.24, 2.45) is 0 Å². The van der Waals surface area contributed by atoms with Gasteiger partial charge in [0.1, 0.15) is 0 Å². The predicted molar refractivity (Wildman–Crippen MR) is 72.9 cm³/mol. The highest BCUT2D eigenvalue weighted by atomic mass is 35.5.